The summed E-state index contributed by atoms with van der Waals surface area (Å²) >= 11 is 5.47. The number of aryl methyl sites for hydroxylation is 1. The fourth-order valence-electron chi connectivity index (χ4n) is 1.25. The number of halogens is 1. The van der Waals surface area contributed by atoms with Gasteiger partial charge in [-0.3, -0.25) is 4.79 Å². The number of ether oxygens (including phenoxy) is 1. The van der Waals surface area contributed by atoms with Gasteiger partial charge < -0.3 is 10.1 Å². The van der Waals surface area contributed by atoms with Gasteiger partial charge in [-0.1, -0.05) is 0 Å². The molecule has 0 saturated carbocycles. The first kappa shape index (κ1) is 11.9. The van der Waals surface area contributed by atoms with E-state index in [1.54, 1.807) is 13.2 Å². The van der Waals surface area contributed by atoms with E-state index in [2.05, 4.69) is 5.32 Å². The molecular formula is C11H14ClNO2. The van der Waals surface area contributed by atoms with E-state index in [0.717, 1.165) is 17.0 Å². The van der Waals surface area contributed by atoms with Crippen LogP contribution in [0.15, 0.2) is 18.2 Å². The number of anilines is 1. The average Bonchev–Trinajstić information content (AvgIpc) is 2.17. The monoisotopic (exact) mass is 227 g/mol. The predicted octanol–water partition coefficient (Wildman–Crippen LogP) is 2.57. The minimum Gasteiger partial charge on any atom is -0.497 e. The van der Waals surface area contributed by atoms with Crippen LogP contribution in [0.2, 0.25) is 0 Å². The second kappa shape index (κ2) is 5.61. The van der Waals surface area contributed by atoms with Crippen molar-refractivity contribution in [3.63, 3.8) is 0 Å². The lowest BCUT2D eigenvalue weighted by Gasteiger charge is -2.07. The first-order chi connectivity index (χ1) is 7.15. The highest BCUT2D eigenvalue weighted by atomic mass is 35.5. The molecule has 1 N–H and O–H groups in total. The number of rotatable bonds is 4. The normalized spacial score (nSPS) is 9.80. The molecule has 0 heterocycles. The molecule has 3 nitrogen and oxygen atoms in total. The first-order valence-electron chi connectivity index (χ1n) is 4.67. The summed E-state index contributed by atoms with van der Waals surface area (Å²) < 4.78 is 5.10. The van der Waals surface area contributed by atoms with Crippen molar-refractivity contribution in [3.05, 3.63) is 23.8 Å². The molecule has 0 saturated heterocycles. The second-order valence-corrected chi connectivity index (χ2v) is 3.60. The number of carbonyl (C=O) groups excluding carboxylic acids is 1. The molecule has 1 amide bonds. The van der Waals surface area contributed by atoms with E-state index < -0.39 is 0 Å². The molecule has 0 fully saturated rings. The van der Waals surface area contributed by atoms with Gasteiger partial charge >= 0.3 is 0 Å². The number of benzene rings is 1. The van der Waals surface area contributed by atoms with E-state index in [4.69, 9.17) is 16.3 Å². The van der Waals surface area contributed by atoms with Crippen LogP contribution in [-0.2, 0) is 4.79 Å². The SMILES string of the molecule is COc1cc(C)cc(NC(=O)CCCl)c1. The van der Waals surface area contributed by atoms with Crippen LogP contribution < -0.4 is 10.1 Å². The fourth-order valence-corrected chi connectivity index (χ4v) is 1.42. The van der Waals surface area contributed by atoms with Crippen molar-refractivity contribution in [1.82, 2.24) is 0 Å². The summed E-state index contributed by atoms with van der Waals surface area (Å²) in [6.07, 6.45) is 0.317. The molecule has 0 spiro atoms. The Bertz CT molecular complexity index is 352. The van der Waals surface area contributed by atoms with Crippen molar-refractivity contribution in [1.29, 1.82) is 0 Å². The van der Waals surface area contributed by atoms with Crippen LogP contribution in [0.1, 0.15) is 12.0 Å². The lowest BCUT2D eigenvalue weighted by molar-refractivity contribution is -0.115. The Labute approximate surface area is 94.4 Å². The van der Waals surface area contributed by atoms with E-state index in [1.165, 1.54) is 0 Å². The average molecular weight is 228 g/mol. The van der Waals surface area contributed by atoms with Crippen LogP contribution in [0, 0.1) is 6.92 Å². The molecule has 0 bridgehead atoms. The maximum absolute atomic E-state index is 11.3. The standard InChI is InChI=1S/C11H14ClNO2/c1-8-5-9(7-10(6-8)15-2)13-11(14)3-4-12/h5-7H,3-4H2,1-2H3,(H,13,14). The summed E-state index contributed by atoms with van der Waals surface area (Å²) in [5.74, 6) is 0.975. The van der Waals surface area contributed by atoms with Crippen LogP contribution in [0.3, 0.4) is 0 Å². The van der Waals surface area contributed by atoms with Gasteiger partial charge in [0, 0.05) is 24.1 Å². The topological polar surface area (TPSA) is 38.3 Å². The summed E-state index contributed by atoms with van der Waals surface area (Å²) in [4.78, 5) is 11.3. The third kappa shape index (κ3) is 3.80. The zero-order valence-corrected chi connectivity index (χ0v) is 9.60. The van der Waals surface area contributed by atoms with E-state index in [0.29, 0.717) is 12.3 Å². The highest BCUT2D eigenvalue weighted by Crippen LogP contribution is 2.20. The van der Waals surface area contributed by atoms with Crippen LogP contribution in [0.4, 0.5) is 5.69 Å². The quantitative estimate of drug-likeness (QED) is 0.803. The molecule has 0 unspecified atom stereocenters. The number of hydrogen-bond donors (Lipinski definition) is 1. The summed E-state index contributed by atoms with van der Waals surface area (Å²) in [6, 6.07) is 5.56. The van der Waals surface area contributed by atoms with E-state index in [9.17, 15) is 4.79 Å². The Balaban J connectivity index is 2.76. The van der Waals surface area contributed by atoms with Gasteiger partial charge in [0.15, 0.2) is 0 Å². The third-order valence-corrected chi connectivity index (χ3v) is 2.08. The molecule has 1 aromatic carbocycles. The van der Waals surface area contributed by atoms with Gasteiger partial charge in [-0.05, 0) is 24.6 Å². The Morgan fingerprint density at radius 2 is 2.20 bits per heavy atom. The second-order valence-electron chi connectivity index (χ2n) is 3.23. The summed E-state index contributed by atoms with van der Waals surface area (Å²) in [5, 5.41) is 2.76. The molecular weight excluding hydrogens is 214 g/mol. The lowest BCUT2D eigenvalue weighted by atomic mass is 10.2. The molecule has 4 heteroatoms. The number of hydrogen-bond acceptors (Lipinski definition) is 2. The van der Waals surface area contributed by atoms with E-state index in [1.807, 2.05) is 19.1 Å². The van der Waals surface area contributed by atoms with Gasteiger partial charge in [0.05, 0.1) is 7.11 Å². The minimum absolute atomic E-state index is 0.0855. The van der Waals surface area contributed by atoms with Gasteiger partial charge in [-0.2, -0.15) is 0 Å². The Morgan fingerprint density at radius 1 is 1.47 bits per heavy atom. The van der Waals surface area contributed by atoms with Gasteiger partial charge in [-0.25, -0.2) is 0 Å². The van der Waals surface area contributed by atoms with Gasteiger partial charge in [-0.15, -0.1) is 11.6 Å². The first-order valence-corrected chi connectivity index (χ1v) is 5.20. The largest absolute Gasteiger partial charge is 0.497 e. The lowest BCUT2D eigenvalue weighted by Crippen LogP contribution is -2.11. The molecule has 0 aromatic heterocycles. The van der Waals surface area contributed by atoms with Gasteiger partial charge in [0.25, 0.3) is 0 Å². The highest BCUT2D eigenvalue weighted by molar-refractivity contribution is 6.19. The van der Waals surface area contributed by atoms with Crippen LogP contribution in [0.5, 0.6) is 5.75 Å². The maximum atomic E-state index is 11.3. The summed E-state index contributed by atoms with van der Waals surface area (Å²) in [6.45, 7) is 1.94. The fraction of sp³-hybridized carbons (Fsp3) is 0.364. The molecule has 0 aliphatic rings. The van der Waals surface area contributed by atoms with Crippen LogP contribution >= 0.6 is 11.6 Å². The summed E-state index contributed by atoms with van der Waals surface area (Å²) in [5.41, 5.74) is 1.78. The van der Waals surface area contributed by atoms with Crippen LogP contribution in [0.25, 0.3) is 0 Å². The molecule has 15 heavy (non-hydrogen) atoms. The smallest absolute Gasteiger partial charge is 0.225 e. The van der Waals surface area contributed by atoms with Gasteiger partial charge in [0.2, 0.25) is 5.91 Å². The molecule has 1 aromatic rings. The molecule has 0 aliphatic carbocycles. The van der Waals surface area contributed by atoms with Crippen molar-refractivity contribution in [3.8, 4) is 5.75 Å². The molecule has 0 radical (unpaired) electrons. The maximum Gasteiger partial charge on any atom is 0.225 e. The zero-order valence-electron chi connectivity index (χ0n) is 8.84. The summed E-state index contributed by atoms with van der Waals surface area (Å²) in [7, 11) is 1.60. The number of carbonyl (C=O) groups is 1. The van der Waals surface area contributed by atoms with Crippen molar-refractivity contribution in [2.75, 3.05) is 18.3 Å². The third-order valence-electron chi connectivity index (χ3n) is 1.89. The predicted molar refractivity (Wildman–Crippen MR) is 61.7 cm³/mol. The highest BCUT2D eigenvalue weighted by Gasteiger charge is 2.03. The van der Waals surface area contributed by atoms with Crippen molar-refractivity contribution >= 4 is 23.2 Å². The van der Waals surface area contributed by atoms with E-state index in [-0.39, 0.29) is 5.91 Å². The molecule has 1 rings (SSSR count). The number of amides is 1. The number of nitrogens with one attached hydrogen (secondary N) is 1. The number of alkyl halides is 1. The van der Waals surface area contributed by atoms with E-state index >= 15 is 0 Å². The van der Waals surface area contributed by atoms with Gasteiger partial charge in [0.1, 0.15) is 5.75 Å². The zero-order chi connectivity index (χ0) is 11.3. The van der Waals surface area contributed by atoms with Crippen molar-refractivity contribution < 1.29 is 9.53 Å². The Hall–Kier alpha value is -1.22. The molecule has 0 atom stereocenters. The Morgan fingerprint density at radius 3 is 2.80 bits per heavy atom. The van der Waals surface area contributed by atoms with Crippen molar-refractivity contribution in [2.45, 2.75) is 13.3 Å². The van der Waals surface area contributed by atoms with Crippen LogP contribution in [-0.4, -0.2) is 18.9 Å². The van der Waals surface area contributed by atoms with Crippen molar-refractivity contribution in [2.24, 2.45) is 0 Å². The minimum atomic E-state index is -0.0855. The molecule has 0 aliphatic heterocycles. The number of methoxy groups -OCH3 is 1. The molecule has 82 valence electrons. The Kier molecular flexibility index (Phi) is 4.43.